The number of nitrogens with one attached hydrogen (secondary N) is 2. The van der Waals surface area contributed by atoms with Gasteiger partial charge in [0, 0.05) is 32.1 Å². The van der Waals surface area contributed by atoms with E-state index in [0.29, 0.717) is 12.2 Å². The van der Waals surface area contributed by atoms with Gasteiger partial charge >= 0.3 is 0 Å². The molecule has 1 aromatic carbocycles. The number of ether oxygens (including phenoxy) is 1. The van der Waals surface area contributed by atoms with Gasteiger partial charge in [-0.05, 0) is 26.1 Å². The van der Waals surface area contributed by atoms with Gasteiger partial charge in [-0.3, -0.25) is 9.59 Å². The maximum Gasteiger partial charge on any atom is 0.241 e. The SMILES string of the molecule is C[C@@H]1CC(=O)Nc2ccccc2N1C(=O)CNC[C@H]1CN(C)CCO1. The minimum absolute atomic E-state index is 0.0411. The topological polar surface area (TPSA) is 73.9 Å². The first-order chi connectivity index (χ1) is 12.0. The molecule has 3 rings (SSSR count). The number of hydrogen-bond acceptors (Lipinski definition) is 5. The van der Waals surface area contributed by atoms with Gasteiger partial charge in [-0.2, -0.15) is 0 Å². The van der Waals surface area contributed by atoms with E-state index in [2.05, 4.69) is 22.6 Å². The quantitative estimate of drug-likeness (QED) is 0.838. The van der Waals surface area contributed by atoms with Crippen LogP contribution in [0.5, 0.6) is 0 Å². The summed E-state index contributed by atoms with van der Waals surface area (Å²) in [6.45, 7) is 5.29. The molecule has 0 unspecified atom stereocenters. The predicted octanol–water partition coefficient (Wildman–Crippen LogP) is 0.671. The van der Waals surface area contributed by atoms with Crippen molar-refractivity contribution in [2.75, 3.05) is 50.1 Å². The van der Waals surface area contributed by atoms with E-state index in [0.717, 1.165) is 25.4 Å². The van der Waals surface area contributed by atoms with Crippen LogP contribution in [0.1, 0.15) is 13.3 Å². The summed E-state index contributed by atoms with van der Waals surface area (Å²) in [4.78, 5) is 28.7. The Kier molecular flexibility index (Phi) is 5.67. The highest BCUT2D eigenvalue weighted by atomic mass is 16.5. The fourth-order valence-corrected chi connectivity index (χ4v) is 3.38. The van der Waals surface area contributed by atoms with Gasteiger partial charge in [-0.1, -0.05) is 12.1 Å². The van der Waals surface area contributed by atoms with Gasteiger partial charge in [0.25, 0.3) is 0 Å². The van der Waals surface area contributed by atoms with E-state index in [1.807, 2.05) is 31.2 Å². The van der Waals surface area contributed by atoms with E-state index >= 15 is 0 Å². The van der Waals surface area contributed by atoms with E-state index in [1.54, 1.807) is 4.90 Å². The molecule has 0 aromatic heterocycles. The second-order valence-corrected chi connectivity index (χ2v) is 6.77. The van der Waals surface area contributed by atoms with Gasteiger partial charge in [0.15, 0.2) is 0 Å². The predicted molar refractivity (Wildman–Crippen MR) is 96.7 cm³/mol. The van der Waals surface area contributed by atoms with Gasteiger partial charge in [-0.25, -0.2) is 0 Å². The molecule has 2 heterocycles. The number of benzene rings is 1. The lowest BCUT2D eigenvalue weighted by Gasteiger charge is -2.31. The van der Waals surface area contributed by atoms with Crippen molar-refractivity contribution in [2.24, 2.45) is 0 Å². The number of para-hydroxylation sites is 2. The second kappa shape index (κ2) is 7.95. The van der Waals surface area contributed by atoms with E-state index < -0.39 is 0 Å². The molecule has 2 aliphatic rings. The molecule has 136 valence electrons. The highest BCUT2D eigenvalue weighted by molar-refractivity contribution is 6.04. The molecule has 0 saturated carbocycles. The fraction of sp³-hybridized carbons (Fsp3) is 0.556. The van der Waals surface area contributed by atoms with E-state index in [1.165, 1.54) is 0 Å². The molecular weight excluding hydrogens is 320 g/mol. The number of amides is 2. The third kappa shape index (κ3) is 4.36. The number of carbonyl (C=O) groups is 2. The van der Waals surface area contributed by atoms with Crippen molar-refractivity contribution in [3.8, 4) is 0 Å². The number of fused-ring (bicyclic) bond motifs is 1. The Morgan fingerprint density at radius 3 is 3.00 bits per heavy atom. The lowest BCUT2D eigenvalue weighted by molar-refractivity contribution is -0.118. The van der Waals surface area contributed by atoms with Crippen molar-refractivity contribution in [3.63, 3.8) is 0 Å². The molecule has 2 N–H and O–H groups in total. The Hall–Kier alpha value is -1.96. The number of morpholine rings is 1. The molecule has 1 aromatic rings. The third-order valence-corrected chi connectivity index (χ3v) is 4.62. The van der Waals surface area contributed by atoms with Crippen molar-refractivity contribution in [1.82, 2.24) is 10.2 Å². The van der Waals surface area contributed by atoms with Crippen LogP contribution >= 0.6 is 0 Å². The molecule has 2 amide bonds. The number of nitrogens with zero attached hydrogens (tertiary/aromatic N) is 2. The number of likely N-dealkylation sites (N-methyl/N-ethyl adjacent to an activating group) is 1. The number of hydrogen-bond donors (Lipinski definition) is 2. The normalized spacial score (nSPS) is 24.4. The van der Waals surface area contributed by atoms with Crippen LogP contribution < -0.4 is 15.5 Å². The summed E-state index contributed by atoms with van der Waals surface area (Å²) in [5.41, 5.74) is 1.43. The van der Waals surface area contributed by atoms with E-state index in [4.69, 9.17) is 4.74 Å². The molecule has 1 fully saturated rings. The van der Waals surface area contributed by atoms with Crippen LogP contribution in [0.4, 0.5) is 11.4 Å². The van der Waals surface area contributed by atoms with E-state index in [-0.39, 0.29) is 36.9 Å². The van der Waals surface area contributed by atoms with Crippen molar-refractivity contribution in [1.29, 1.82) is 0 Å². The summed E-state index contributed by atoms with van der Waals surface area (Å²) in [6, 6.07) is 7.24. The van der Waals surface area contributed by atoms with E-state index in [9.17, 15) is 9.59 Å². The first kappa shape index (κ1) is 17.8. The van der Waals surface area contributed by atoms with Crippen LogP contribution in [-0.2, 0) is 14.3 Å². The Bertz CT molecular complexity index is 637. The van der Waals surface area contributed by atoms with Crippen molar-refractivity contribution in [3.05, 3.63) is 24.3 Å². The molecule has 25 heavy (non-hydrogen) atoms. The van der Waals surface area contributed by atoms with Crippen LogP contribution in [0.3, 0.4) is 0 Å². The Labute approximate surface area is 148 Å². The fourth-order valence-electron chi connectivity index (χ4n) is 3.38. The highest BCUT2D eigenvalue weighted by Gasteiger charge is 2.29. The minimum atomic E-state index is -0.185. The van der Waals surface area contributed by atoms with Crippen LogP contribution in [0.25, 0.3) is 0 Å². The van der Waals surface area contributed by atoms with Crippen molar-refractivity contribution >= 4 is 23.2 Å². The maximum absolute atomic E-state index is 12.8. The zero-order valence-electron chi connectivity index (χ0n) is 14.8. The van der Waals surface area contributed by atoms with Gasteiger partial charge in [0.1, 0.15) is 0 Å². The van der Waals surface area contributed by atoms with Gasteiger partial charge < -0.3 is 25.2 Å². The standard InChI is InChI=1S/C18H26N4O3/c1-13-9-17(23)20-15-5-3-4-6-16(15)22(13)18(24)11-19-10-14-12-21(2)7-8-25-14/h3-6,13-14,19H,7-12H2,1-2H3,(H,20,23)/t13-,14+/m1/s1. The average molecular weight is 346 g/mol. The Balaban J connectivity index is 1.63. The Morgan fingerprint density at radius 2 is 2.20 bits per heavy atom. The van der Waals surface area contributed by atoms with Crippen LogP contribution in [0, 0.1) is 0 Å². The third-order valence-electron chi connectivity index (χ3n) is 4.62. The summed E-state index contributed by atoms with van der Waals surface area (Å²) in [7, 11) is 2.07. The van der Waals surface area contributed by atoms with Gasteiger partial charge in [0.2, 0.25) is 11.8 Å². The van der Waals surface area contributed by atoms with Crippen LogP contribution in [0.15, 0.2) is 24.3 Å². The summed E-state index contributed by atoms with van der Waals surface area (Å²) in [5.74, 6) is -0.109. The van der Waals surface area contributed by atoms with Crippen LogP contribution in [0.2, 0.25) is 0 Å². The zero-order valence-corrected chi connectivity index (χ0v) is 14.8. The number of carbonyl (C=O) groups excluding carboxylic acids is 2. The van der Waals surface area contributed by atoms with Crippen molar-refractivity contribution < 1.29 is 14.3 Å². The first-order valence-corrected chi connectivity index (χ1v) is 8.76. The molecule has 0 bridgehead atoms. The minimum Gasteiger partial charge on any atom is -0.374 e. The number of anilines is 2. The first-order valence-electron chi connectivity index (χ1n) is 8.76. The lowest BCUT2D eigenvalue weighted by atomic mass is 10.1. The van der Waals surface area contributed by atoms with Gasteiger partial charge in [0.05, 0.1) is 30.6 Å². The van der Waals surface area contributed by atoms with Crippen LogP contribution in [-0.4, -0.2) is 68.7 Å². The molecule has 1 saturated heterocycles. The highest BCUT2D eigenvalue weighted by Crippen LogP contribution is 2.31. The molecule has 0 spiro atoms. The largest absolute Gasteiger partial charge is 0.374 e. The molecule has 7 nitrogen and oxygen atoms in total. The average Bonchev–Trinajstić information content (AvgIpc) is 2.69. The summed E-state index contributed by atoms with van der Waals surface area (Å²) >= 11 is 0. The summed E-state index contributed by atoms with van der Waals surface area (Å²) in [5, 5.41) is 6.08. The lowest BCUT2D eigenvalue weighted by Crippen LogP contribution is -2.48. The molecule has 2 atom stereocenters. The maximum atomic E-state index is 12.8. The zero-order chi connectivity index (χ0) is 17.8. The smallest absolute Gasteiger partial charge is 0.241 e. The monoisotopic (exact) mass is 346 g/mol. The Morgan fingerprint density at radius 1 is 1.40 bits per heavy atom. The summed E-state index contributed by atoms with van der Waals surface area (Å²) in [6.07, 6.45) is 0.389. The van der Waals surface area contributed by atoms with Crippen molar-refractivity contribution in [2.45, 2.75) is 25.5 Å². The number of rotatable bonds is 4. The molecule has 0 aliphatic carbocycles. The second-order valence-electron chi connectivity index (χ2n) is 6.77. The molecule has 2 aliphatic heterocycles. The summed E-state index contributed by atoms with van der Waals surface area (Å²) < 4.78 is 5.70. The molecule has 0 radical (unpaired) electrons. The molecular formula is C18H26N4O3. The van der Waals surface area contributed by atoms with Gasteiger partial charge in [-0.15, -0.1) is 0 Å². The molecule has 7 heteroatoms.